The first-order valence-electron chi connectivity index (χ1n) is 7.57. The summed E-state index contributed by atoms with van der Waals surface area (Å²) >= 11 is 3.34. The Morgan fingerprint density at radius 3 is 2.60 bits per heavy atom. The highest BCUT2D eigenvalue weighted by Crippen LogP contribution is 2.21. The maximum atomic E-state index is 13.4. The third kappa shape index (κ3) is 5.29. The van der Waals surface area contributed by atoms with Crippen molar-refractivity contribution in [3.63, 3.8) is 0 Å². The van der Waals surface area contributed by atoms with E-state index in [0.29, 0.717) is 11.3 Å². The number of hydrogen-bond donors (Lipinski definition) is 1. The van der Waals surface area contributed by atoms with Crippen molar-refractivity contribution in [2.24, 2.45) is 5.73 Å². The van der Waals surface area contributed by atoms with Crippen molar-refractivity contribution in [1.82, 2.24) is 4.90 Å². The summed E-state index contributed by atoms with van der Waals surface area (Å²) in [4.78, 5) is 25.3. The van der Waals surface area contributed by atoms with Crippen LogP contribution in [-0.2, 0) is 9.59 Å². The van der Waals surface area contributed by atoms with Crippen molar-refractivity contribution in [3.05, 3.63) is 64.4 Å². The van der Waals surface area contributed by atoms with Gasteiger partial charge in [-0.05, 0) is 35.9 Å². The fraction of sp³-hybridized carbons (Fsp3) is 0.222. The maximum Gasteiger partial charge on any atom is 0.244 e. The van der Waals surface area contributed by atoms with E-state index in [1.165, 1.54) is 30.1 Å². The summed E-state index contributed by atoms with van der Waals surface area (Å²) in [6, 6.07) is 11.7. The first-order valence-corrected chi connectivity index (χ1v) is 8.36. The van der Waals surface area contributed by atoms with Gasteiger partial charge in [-0.15, -0.1) is 0 Å². The van der Waals surface area contributed by atoms with Crippen LogP contribution in [-0.4, -0.2) is 30.4 Å². The molecule has 0 radical (unpaired) electrons. The van der Waals surface area contributed by atoms with E-state index >= 15 is 0 Å². The second-order valence-corrected chi connectivity index (χ2v) is 6.34. The van der Waals surface area contributed by atoms with Crippen LogP contribution >= 0.6 is 15.9 Å². The summed E-state index contributed by atoms with van der Waals surface area (Å²) in [7, 11) is 1.46. The number of amides is 2. The van der Waals surface area contributed by atoms with Gasteiger partial charge in [0.25, 0.3) is 0 Å². The zero-order chi connectivity index (χ0) is 18.4. The van der Waals surface area contributed by atoms with E-state index in [1.807, 2.05) is 12.1 Å². The quantitative estimate of drug-likeness (QED) is 0.764. The van der Waals surface area contributed by atoms with Crippen LogP contribution in [0.25, 0.3) is 0 Å². The first kappa shape index (κ1) is 18.9. The average molecular weight is 409 g/mol. The lowest BCUT2D eigenvalue weighted by molar-refractivity contribution is -0.138. The molecule has 2 rings (SSSR count). The van der Waals surface area contributed by atoms with Gasteiger partial charge in [0.2, 0.25) is 11.8 Å². The molecule has 0 heterocycles. The molecular formula is C18H18BrFN2O3. The molecule has 2 aromatic rings. The minimum absolute atomic E-state index is 0.0576. The standard InChI is InChI=1S/C18H18BrFN2O3/c1-22(17(18(21)24)12-4-2-6-14(20)10-12)16(23)8-9-25-15-7-3-5-13(19)11-15/h2-7,10-11,17H,8-9H2,1H3,(H2,21,24). The lowest BCUT2D eigenvalue weighted by Gasteiger charge is -2.26. The van der Waals surface area contributed by atoms with E-state index in [1.54, 1.807) is 18.2 Å². The van der Waals surface area contributed by atoms with Crippen LogP contribution in [0.1, 0.15) is 18.0 Å². The number of carbonyl (C=O) groups excluding carboxylic acids is 2. The molecule has 132 valence electrons. The summed E-state index contributed by atoms with van der Waals surface area (Å²) < 4.78 is 19.8. The average Bonchev–Trinajstić information content (AvgIpc) is 2.54. The summed E-state index contributed by atoms with van der Waals surface area (Å²) in [6.45, 7) is 0.147. The number of rotatable bonds is 7. The van der Waals surface area contributed by atoms with Crippen molar-refractivity contribution >= 4 is 27.7 Å². The molecule has 0 aliphatic rings. The Hall–Kier alpha value is -2.41. The molecule has 1 atom stereocenters. The highest BCUT2D eigenvalue weighted by molar-refractivity contribution is 9.10. The number of nitrogens with two attached hydrogens (primary N) is 1. The number of carbonyl (C=O) groups is 2. The molecule has 0 bridgehead atoms. The van der Waals surface area contributed by atoms with Crippen molar-refractivity contribution < 1.29 is 18.7 Å². The topological polar surface area (TPSA) is 72.6 Å². The fourth-order valence-electron chi connectivity index (χ4n) is 2.39. The smallest absolute Gasteiger partial charge is 0.244 e. The minimum atomic E-state index is -1.03. The van der Waals surface area contributed by atoms with Gasteiger partial charge in [-0.2, -0.15) is 0 Å². The van der Waals surface area contributed by atoms with Gasteiger partial charge in [0, 0.05) is 11.5 Å². The van der Waals surface area contributed by atoms with Gasteiger partial charge >= 0.3 is 0 Å². The summed E-state index contributed by atoms with van der Waals surface area (Å²) in [5.41, 5.74) is 5.73. The number of primary amides is 1. The highest BCUT2D eigenvalue weighted by atomic mass is 79.9. The van der Waals surface area contributed by atoms with Crippen molar-refractivity contribution in [3.8, 4) is 5.75 Å². The molecular weight excluding hydrogens is 391 g/mol. The van der Waals surface area contributed by atoms with Crippen LogP contribution in [0, 0.1) is 5.82 Å². The normalized spacial score (nSPS) is 11.6. The Kier molecular flexibility index (Phi) is 6.52. The van der Waals surface area contributed by atoms with E-state index in [9.17, 15) is 14.0 Å². The molecule has 2 aromatic carbocycles. The second-order valence-electron chi connectivity index (χ2n) is 5.42. The molecule has 5 nitrogen and oxygen atoms in total. The van der Waals surface area contributed by atoms with Gasteiger partial charge in [0.1, 0.15) is 17.6 Å². The number of halogens is 2. The number of likely N-dealkylation sites (N-methyl/N-ethyl adjacent to an activating group) is 1. The number of hydrogen-bond acceptors (Lipinski definition) is 3. The largest absolute Gasteiger partial charge is 0.493 e. The minimum Gasteiger partial charge on any atom is -0.493 e. The zero-order valence-electron chi connectivity index (χ0n) is 13.6. The summed E-state index contributed by atoms with van der Waals surface area (Å²) in [5.74, 6) is -0.929. The molecule has 0 spiro atoms. The van der Waals surface area contributed by atoms with E-state index in [-0.39, 0.29) is 18.9 Å². The monoisotopic (exact) mass is 408 g/mol. The molecule has 0 saturated carbocycles. The van der Waals surface area contributed by atoms with Crippen molar-refractivity contribution in [2.45, 2.75) is 12.5 Å². The molecule has 25 heavy (non-hydrogen) atoms. The van der Waals surface area contributed by atoms with E-state index < -0.39 is 17.8 Å². The van der Waals surface area contributed by atoms with Gasteiger partial charge in [0.05, 0.1) is 13.0 Å². The highest BCUT2D eigenvalue weighted by Gasteiger charge is 2.26. The van der Waals surface area contributed by atoms with Gasteiger partial charge in [0.15, 0.2) is 0 Å². The van der Waals surface area contributed by atoms with E-state index in [4.69, 9.17) is 10.5 Å². The van der Waals surface area contributed by atoms with Gasteiger partial charge in [-0.3, -0.25) is 9.59 Å². The molecule has 7 heteroatoms. The van der Waals surface area contributed by atoms with Crippen LogP contribution in [0.5, 0.6) is 5.75 Å². The molecule has 0 aromatic heterocycles. The van der Waals surface area contributed by atoms with Crippen LogP contribution in [0.3, 0.4) is 0 Å². The van der Waals surface area contributed by atoms with Crippen LogP contribution in [0.2, 0.25) is 0 Å². The van der Waals surface area contributed by atoms with Crippen molar-refractivity contribution in [1.29, 1.82) is 0 Å². The molecule has 2 amide bonds. The van der Waals surface area contributed by atoms with E-state index in [0.717, 1.165) is 4.47 Å². The van der Waals surface area contributed by atoms with Gasteiger partial charge < -0.3 is 15.4 Å². The lowest BCUT2D eigenvalue weighted by Crippen LogP contribution is -2.39. The van der Waals surface area contributed by atoms with E-state index in [2.05, 4.69) is 15.9 Å². The van der Waals surface area contributed by atoms with Gasteiger partial charge in [-0.1, -0.05) is 34.1 Å². The fourth-order valence-corrected chi connectivity index (χ4v) is 2.77. The van der Waals surface area contributed by atoms with Crippen LogP contribution < -0.4 is 10.5 Å². The maximum absolute atomic E-state index is 13.4. The first-order chi connectivity index (χ1) is 11.9. The molecule has 1 unspecified atom stereocenters. The molecule has 0 saturated heterocycles. The number of benzene rings is 2. The van der Waals surface area contributed by atoms with Gasteiger partial charge in [-0.25, -0.2) is 4.39 Å². The number of ether oxygens (including phenoxy) is 1. The Balaban J connectivity index is 2.00. The van der Waals surface area contributed by atoms with Crippen LogP contribution in [0.4, 0.5) is 4.39 Å². The molecule has 0 aliphatic heterocycles. The Bertz CT molecular complexity index is 769. The SMILES string of the molecule is CN(C(=O)CCOc1cccc(Br)c1)C(C(N)=O)c1cccc(F)c1. The lowest BCUT2D eigenvalue weighted by atomic mass is 10.0. The molecule has 0 fully saturated rings. The molecule has 2 N–H and O–H groups in total. The Morgan fingerprint density at radius 2 is 1.96 bits per heavy atom. The summed E-state index contributed by atoms with van der Waals surface area (Å²) in [5, 5.41) is 0. The predicted octanol–water partition coefficient (Wildman–Crippen LogP) is 3.04. The predicted molar refractivity (Wildman–Crippen MR) is 95.4 cm³/mol. The summed E-state index contributed by atoms with van der Waals surface area (Å²) in [6.07, 6.45) is 0.0576. The third-order valence-electron chi connectivity index (χ3n) is 3.60. The second kappa shape index (κ2) is 8.62. The molecule has 0 aliphatic carbocycles. The Morgan fingerprint density at radius 1 is 1.24 bits per heavy atom. The zero-order valence-corrected chi connectivity index (χ0v) is 15.2. The number of nitrogens with zero attached hydrogens (tertiary/aromatic N) is 1. The third-order valence-corrected chi connectivity index (χ3v) is 4.09. The van der Waals surface area contributed by atoms with Crippen LogP contribution in [0.15, 0.2) is 53.0 Å². The Labute approximate surface area is 153 Å². The van der Waals surface area contributed by atoms with Crippen molar-refractivity contribution in [2.75, 3.05) is 13.7 Å².